The highest BCUT2D eigenvalue weighted by atomic mass is 28.4. The van der Waals surface area contributed by atoms with Crippen molar-refractivity contribution < 1.29 is 36.9 Å². The molecule has 0 saturated carbocycles. The number of hydrogen-bond acceptors (Lipinski definition) is 5. The van der Waals surface area contributed by atoms with Crippen LogP contribution in [0.1, 0.15) is 34.6 Å². The molecule has 2 saturated heterocycles. The highest BCUT2D eigenvalue weighted by Crippen LogP contribution is 2.50. The maximum atomic E-state index is 13.6. The topological polar surface area (TPSA) is 57.2 Å². The van der Waals surface area contributed by atoms with E-state index in [0.29, 0.717) is 0 Å². The Labute approximate surface area is 141 Å². The van der Waals surface area contributed by atoms with E-state index in [0.717, 1.165) is 0 Å². The summed E-state index contributed by atoms with van der Waals surface area (Å²) in [5.74, 6) is -1.25. The lowest BCUT2D eigenvalue weighted by atomic mass is 9.92. The molecular weight excluding hydrogens is 345 g/mol. The molecule has 0 aliphatic carbocycles. The first-order valence-electron chi connectivity index (χ1n) is 7.95. The minimum Gasteiger partial charge on any atom is -0.414 e. The number of rotatable bonds is 3. The van der Waals surface area contributed by atoms with Gasteiger partial charge in [0.15, 0.2) is 26.5 Å². The summed E-state index contributed by atoms with van der Waals surface area (Å²) < 4.78 is 62.7. The molecule has 0 spiro atoms. The molecule has 0 unspecified atom stereocenters. The third kappa shape index (κ3) is 3.26. The number of ether oxygens (including phenoxy) is 3. The molecular formula is C15H27F3O5Si. The van der Waals surface area contributed by atoms with Crippen molar-refractivity contribution in [1.29, 1.82) is 0 Å². The molecule has 24 heavy (non-hydrogen) atoms. The summed E-state index contributed by atoms with van der Waals surface area (Å²) in [6, 6.07) is 0. The average Bonchev–Trinajstić information content (AvgIpc) is 2.77. The van der Waals surface area contributed by atoms with Gasteiger partial charge in [0.25, 0.3) is 0 Å². The van der Waals surface area contributed by atoms with E-state index >= 15 is 0 Å². The monoisotopic (exact) mass is 372 g/mol. The molecule has 9 heteroatoms. The molecule has 0 bridgehead atoms. The Morgan fingerprint density at radius 1 is 1.12 bits per heavy atom. The Balaban J connectivity index is 2.22. The molecule has 5 nitrogen and oxygen atoms in total. The quantitative estimate of drug-likeness (QED) is 0.771. The van der Waals surface area contributed by atoms with Crippen molar-refractivity contribution in [2.75, 3.05) is 6.61 Å². The van der Waals surface area contributed by atoms with Gasteiger partial charge < -0.3 is 23.7 Å². The van der Waals surface area contributed by atoms with Crippen molar-refractivity contribution in [3.8, 4) is 0 Å². The molecule has 0 radical (unpaired) electrons. The molecule has 2 fully saturated rings. The van der Waals surface area contributed by atoms with E-state index in [-0.39, 0.29) is 11.6 Å². The van der Waals surface area contributed by atoms with E-state index in [1.54, 1.807) is 0 Å². The number of aliphatic hydroxyl groups is 1. The summed E-state index contributed by atoms with van der Waals surface area (Å²) in [5, 5.41) is 10.3. The van der Waals surface area contributed by atoms with Crippen LogP contribution in [0.5, 0.6) is 0 Å². The molecule has 2 rings (SSSR count). The SMILES string of the molecule is CC1(C)O[C@H]2O[C@H](CO[Si](C)(C)C(C)(C)C)[C@](O)(C(F)(F)F)[C@H]2O1. The van der Waals surface area contributed by atoms with Crippen LogP contribution in [-0.4, -0.2) is 56.1 Å². The van der Waals surface area contributed by atoms with Gasteiger partial charge in [-0.3, -0.25) is 0 Å². The van der Waals surface area contributed by atoms with E-state index in [4.69, 9.17) is 18.6 Å². The Bertz CT molecular complexity index is 488. The third-order valence-electron chi connectivity index (χ3n) is 5.14. The molecule has 2 heterocycles. The van der Waals surface area contributed by atoms with Gasteiger partial charge >= 0.3 is 6.18 Å². The van der Waals surface area contributed by atoms with Crippen LogP contribution in [0.2, 0.25) is 18.1 Å². The molecule has 0 amide bonds. The Morgan fingerprint density at radius 2 is 1.67 bits per heavy atom. The lowest BCUT2D eigenvalue weighted by Crippen LogP contribution is -2.61. The highest BCUT2D eigenvalue weighted by Gasteiger charge is 2.74. The fourth-order valence-corrected chi connectivity index (χ4v) is 3.59. The van der Waals surface area contributed by atoms with E-state index in [2.05, 4.69) is 0 Å². The molecule has 2 aliphatic rings. The summed E-state index contributed by atoms with van der Waals surface area (Å²) >= 11 is 0. The summed E-state index contributed by atoms with van der Waals surface area (Å²) in [6.45, 7) is 12.4. The summed E-state index contributed by atoms with van der Waals surface area (Å²) in [5.41, 5.74) is -3.17. The first-order chi connectivity index (χ1) is 10.5. The number of alkyl halides is 3. The zero-order valence-electron chi connectivity index (χ0n) is 15.2. The zero-order valence-corrected chi connectivity index (χ0v) is 16.2. The molecule has 1 N–H and O–H groups in total. The smallest absolute Gasteiger partial charge is 0.414 e. The van der Waals surface area contributed by atoms with Gasteiger partial charge in [-0.2, -0.15) is 13.2 Å². The van der Waals surface area contributed by atoms with Gasteiger partial charge in [-0.05, 0) is 32.0 Å². The standard InChI is InChI=1S/C15H27F3O5Si/c1-12(2,3)24(6,7)20-8-9-14(19,15(16,17)18)10-11(21-9)23-13(4,5)22-10/h9-11,19H,8H2,1-7H3/t9-,10+,11-,14-/m1/s1. The lowest BCUT2D eigenvalue weighted by Gasteiger charge is -2.39. The molecule has 0 aromatic carbocycles. The van der Waals surface area contributed by atoms with Crippen LogP contribution in [0.3, 0.4) is 0 Å². The Kier molecular flexibility index (Phi) is 4.74. The molecule has 142 valence electrons. The number of halogens is 3. The van der Waals surface area contributed by atoms with E-state index in [9.17, 15) is 18.3 Å². The Hall–Kier alpha value is -0.193. The first kappa shape index (κ1) is 20.1. The van der Waals surface area contributed by atoms with Crippen LogP contribution in [0, 0.1) is 0 Å². The predicted octanol–water partition coefficient (Wildman–Crippen LogP) is 3.18. The largest absolute Gasteiger partial charge is 0.422 e. The van der Waals surface area contributed by atoms with Gasteiger partial charge in [0.05, 0.1) is 6.61 Å². The van der Waals surface area contributed by atoms with E-state index < -0.39 is 44.4 Å². The van der Waals surface area contributed by atoms with Gasteiger partial charge in [-0.25, -0.2) is 0 Å². The predicted molar refractivity (Wildman–Crippen MR) is 82.9 cm³/mol. The van der Waals surface area contributed by atoms with Crippen molar-refractivity contribution in [2.24, 2.45) is 0 Å². The lowest BCUT2D eigenvalue weighted by molar-refractivity contribution is -0.316. The maximum absolute atomic E-state index is 13.6. The van der Waals surface area contributed by atoms with Crippen LogP contribution >= 0.6 is 0 Å². The van der Waals surface area contributed by atoms with Gasteiger partial charge in [-0.15, -0.1) is 0 Å². The van der Waals surface area contributed by atoms with Crippen LogP contribution in [0.25, 0.3) is 0 Å². The van der Waals surface area contributed by atoms with Crippen molar-refractivity contribution in [2.45, 2.75) is 88.8 Å². The van der Waals surface area contributed by atoms with Crippen LogP contribution in [0.4, 0.5) is 13.2 Å². The highest BCUT2D eigenvalue weighted by molar-refractivity contribution is 6.74. The third-order valence-corrected chi connectivity index (χ3v) is 9.64. The molecule has 0 aromatic rings. The summed E-state index contributed by atoms with van der Waals surface area (Å²) in [6.07, 6.45) is -9.45. The van der Waals surface area contributed by atoms with Gasteiger partial charge in [0, 0.05) is 0 Å². The second-order valence-corrected chi connectivity index (χ2v) is 13.3. The number of hydrogen-bond donors (Lipinski definition) is 1. The normalized spacial score (nSPS) is 36.9. The van der Waals surface area contributed by atoms with Crippen molar-refractivity contribution >= 4 is 8.32 Å². The van der Waals surface area contributed by atoms with Crippen LogP contribution < -0.4 is 0 Å². The first-order valence-corrected chi connectivity index (χ1v) is 10.9. The zero-order chi connectivity index (χ0) is 18.8. The van der Waals surface area contributed by atoms with Crippen molar-refractivity contribution in [3.05, 3.63) is 0 Å². The average molecular weight is 372 g/mol. The second kappa shape index (κ2) is 5.65. The Morgan fingerprint density at radius 3 is 2.12 bits per heavy atom. The van der Waals surface area contributed by atoms with Crippen LogP contribution in [0.15, 0.2) is 0 Å². The fourth-order valence-electron chi connectivity index (χ4n) is 2.59. The molecule has 4 atom stereocenters. The van der Waals surface area contributed by atoms with Gasteiger partial charge in [0.2, 0.25) is 5.60 Å². The van der Waals surface area contributed by atoms with Crippen LogP contribution in [-0.2, 0) is 18.6 Å². The minimum atomic E-state index is -4.93. The van der Waals surface area contributed by atoms with Crippen molar-refractivity contribution in [1.82, 2.24) is 0 Å². The second-order valence-electron chi connectivity index (χ2n) is 8.44. The number of fused-ring (bicyclic) bond motifs is 1. The molecule has 0 aromatic heterocycles. The minimum absolute atomic E-state index is 0.174. The van der Waals surface area contributed by atoms with Gasteiger partial charge in [0.1, 0.15) is 6.10 Å². The summed E-state index contributed by atoms with van der Waals surface area (Å²) in [4.78, 5) is 0. The van der Waals surface area contributed by atoms with E-state index in [1.807, 2.05) is 33.9 Å². The summed E-state index contributed by atoms with van der Waals surface area (Å²) in [7, 11) is -2.30. The van der Waals surface area contributed by atoms with Gasteiger partial charge in [-0.1, -0.05) is 20.8 Å². The molecule has 2 aliphatic heterocycles. The fraction of sp³-hybridized carbons (Fsp3) is 1.00. The van der Waals surface area contributed by atoms with Crippen molar-refractivity contribution in [3.63, 3.8) is 0 Å². The maximum Gasteiger partial charge on any atom is 0.422 e. The van der Waals surface area contributed by atoms with E-state index in [1.165, 1.54) is 13.8 Å².